The lowest BCUT2D eigenvalue weighted by Gasteiger charge is -2.18. The summed E-state index contributed by atoms with van der Waals surface area (Å²) in [6, 6.07) is 8.37. The second kappa shape index (κ2) is 5.98. The van der Waals surface area contributed by atoms with Gasteiger partial charge < -0.3 is 10.2 Å². The Morgan fingerprint density at radius 3 is 2.83 bits per heavy atom. The molecule has 4 heteroatoms. The average molecular weight is 261 g/mol. The van der Waals surface area contributed by atoms with Gasteiger partial charge >= 0.3 is 0 Å². The van der Waals surface area contributed by atoms with Crippen LogP contribution in [-0.2, 0) is 6.54 Å². The summed E-state index contributed by atoms with van der Waals surface area (Å²) in [6.45, 7) is 6.12. The van der Waals surface area contributed by atoms with E-state index in [4.69, 9.17) is 0 Å². The third-order valence-electron chi connectivity index (χ3n) is 2.85. The largest absolute Gasteiger partial charge is 0.321 e. The summed E-state index contributed by atoms with van der Waals surface area (Å²) in [4.78, 5) is 7.91. The van der Waals surface area contributed by atoms with Gasteiger partial charge in [0.2, 0.25) is 0 Å². The van der Waals surface area contributed by atoms with Gasteiger partial charge in [-0.25, -0.2) is 4.98 Å². The van der Waals surface area contributed by atoms with Crippen LogP contribution in [0, 0.1) is 6.92 Å². The molecule has 18 heavy (non-hydrogen) atoms. The minimum atomic E-state index is 0.899. The molecule has 0 saturated heterocycles. The van der Waals surface area contributed by atoms with E-state index in [-0.39, 0.29) is 0 Å². The van der Waals surface area contributed by atoms with Gasteiger partial charge in [0.05, 0.1) is 0 Å². The molecule has 0 radical (unpaired) electrons. The fourth-order valence-corrected chi connectivity index (χ4v) is 2.68. The maximum atomic E-state index is 4.49. The smallest absolute Gasteiger partial charge is 0.189 e. The highest BCUT2D eigenvalue weighted by Crippen LogP contribution is 2.29. The lowest BCUT2D eigenvalue weighted by molar-refractivity contribution is 0.734. The van der Waals surface area contributed by atoms with E-state index in [9.17, 15) is 0 Å². The van der Waals surface area contributed by atoms with Crippen LogP contribution in [0.2, 0.25) is 0 Å². The van der Waals surface area contributed by atoms with Gasteiger partial charge in [0.25, 0.3) is 0 Å². The first kappa shape index (κ1) is 13.1. The van der Waals surface area contributed by atoms with Gasteiger partial charge in [-0.15, -0.1) is 11.3 Å². The van der Waals surface area contributed by atoms with Crippen molar-refractivity contribution in [1.82, 2.24) is 10.3 Å². The van der Waals surface area contributed by atoms with Crippen LogP contribution in [0.5, 0.6) is 0 Å². The van der Waals surface area contributed by atoms with E-state index < -0.39 is 0 Å². The molecule has 0 bridgehead atoms. The molecule has 1 N–H and O–H groups in total. The van der Waals surface area contributed by atoms with E-state index >= 15 is 0 Å². The van der Waals surface area contributed by atoms with Crippen molar-refractivity contribution in [3.05, 3.63) is 40.9 Å². The second-order valence-corrected chi connectivity index (χ2v) is 5.33. The molecule has 0 amide bonds. The Labute approximate surface area is 112 Å². The highest BCUT2D eigenvalue weighted by atomic mass is 32.1. The van der Waals surface area contributed by atoms with Crippen LogP contribution in [0.4, 0.5) is 10.8 Å². The third-order valence-corrected chi connectivity index (χ3v) is 3.93. The second-order valence-electron chi connectivity index (χ2n) is 4.23. The van der Waals surface area contributed by atoms with Crippen molar-refractivity contribution >= 4 is 22.2 Å². The number of para-hydroxylation sites is 1. The maximum absolute atomic E-state index is 4.49. The summed E-state index contributed by atoms with van der Waals surface area (Å²) in [5.74, 6) is 0. The molecule has 0 aliphatic heterocycles. The van der Waals surface area contributed by atoms with Crippen molar-refractivity contribution in [3.8, 4) is 0 Å². The van der Waals surface area contributed by atoms with Crippen LogP contribution in [0.1, 0.15) is 17.4 Å². The SMILES string of the molecule is CCNCc1cnc(N(C)c2ccccc2C)s1. The lowest BCUT2D eigenvalue weighted by atomic mass is 10.2. The minimum Gasteiger partial charge on any atom is -0.321 e. The maximum Gasteiger partial charge on any atom is 0.189 e. The first-order valence-corrected chi connectivity index (χ1v) is 6.98. The lowest BCUT2D eigenvalue weighted by Crippen LogP contribution is -2.10. The van der Waals surface area contributed by atoms with Crippen LogP contribution in [0.25, 0.3) is 0 Å². The van der Waals surface area contributed by atoms with E-state index in [0.717, 1.165) is 18.2 Å². The van der Waals surface area contributed by atoms with Crippen LogP contribution in [0.3, 0.4) is 0 Å². The summed E-state index contributed by atoms with van der Waals surface area (Å²) in [5.41, 5.74) is 2.48. The van der Waals surface area contributed by atoms with Crippen molar-refractivity contribution in [1.29, 1.82) is 0 Å². The van der Waals surface area contributed by atoms with Crippen LogP contribution in [-0.4, -0.2) is 18.6 Å². The van der Waals surface area contributed by atoms with E-state index in [2.05, 4.69) is 60.4 Å². The van der Waals surface area contributed by atoms with Gasteiger partial charge in [-0.1, -0.05) is 25.1 Å². The number of rotatable bonds is 5. The van der Waals surface area contributed by atoms with Crippen molar-refractivity contribution in [2.24, 2.45) is 0 Å². The Morgan fingerprint density at radius 1 is 1.33 bits per heavy atom. The molecule has 2 aromatic rings. The summed E-state index contributed by atoms with van der Waals surface area (Å²) in [5, 5.41) is 4.36. The van der Waals surface area contributed by atoms with Crippen LogP contribution >= 0.6 is 11.3 Å². The summed E-state index contributed by atoms with van der Waals surface area (Å²) in [7, 11) is 2.07. The van der Waals surface area contributed by atoms with E-state index in [1.807, 2.05) is 6.20 Å². The van der Waals surface area contributed by atoms with E-state index in [1.54, 1.807) is 11.3 Å². The monoisotopic (exact) mass is 261 g/mol. The zero-order valence-electron chi connectivity index (χ0n) is 11.1. The van der Waals surface area contributed by atoms with E-state index in [1.165, 1.54) is 16.1 Å². The molecule has 0 aliphatic rings. The quantitative estimate of drug-likeness (QED) is 0.895. The van der Waals surface area contributed by atoms with E-state index in [0.29, 0.717) is 0 Å². The number of hydrogen-bond donors (Lipinski definition) is 1. The van der Waals surface area contributed by atoms with Crippen molar-refractivity contribution in [2.45, 2.75) is 20.4 Å². The number of benzene rings is 1. The van der Waals surface area contributed by atoms with Crippen molar-refractivity contribution in [3.63, 3.8) is 0 Å². The van der Waals surface area contributed by atoms with Crippen molar-refractivity contribution < 1.29 is 0 Å². The molecule has 0 atom stereocenters. The molecule has 1 aromatic heterocycles. The molecule has 0 fully saturated rings. The fraction of sp³-hybridized carbons (Fsp3) is 0.357. The van der Waals surface area contributed by atoms with Crippen LogP contribution in [0.15, 0.2) is 30.5 Å². The topological polar surface area (TPSA) is 28.2 Å². The predicted molar refractivity (Wildman–Crippen MR) is 78.7 cm³/mol. The number of aryl methyl sites for hydroxylation is 1. The number of hydrogen-bond acceptors (Lipinski definition) is 4. The van der Waals surface area contributed by atoms with Gasteiger partial charge in [-0.05, 0) is 25.1 Å². The molecule has 0 aliphatic carbocycles. The normalized spacial score (nSPS) is 10.6. The third kappa shape index (κ3) is 2.89. The number of anilines is 2. The minimum absolute atomic E-state index is 0.899. The molecule has 96 valence electrons. The Morgan fingerprint density at radius 2 is 2.11 bits per heavy atom. The molecular formula is C14H19N3S. The first-order chi connectivity index (χ1) is 8.72. The summed E-state index contributed by atoms with van der Waals surface area (Å²) < 4.78 is 0. The van der Waals surface area contributed by atoms with Gasteiger partial charge in [0.1, 0.15) is 0 Å². The Hall–Kier alpha value is -1.39. The fourth-order valence-electron chi connectivity index (χ4n) is 1.82. The number of nitrogens with one attached hydrogen (secondary N) is 1. The number of nitrogens with zero attached hydrogens (tertiary/aromatic N) is 2. The molecular weight excluding hydrogens is 242 g/mol. The molecule has 0 unspecified atom stereocenters. The van der Waals surface area contributed by atoms with Gasteiger partial charge in [0.15, 0.2) is 5.13 Å². The van der Waals surface area contributed by atoms with Crippen molar-refractivity contribution in [2.75, 3.05) is 18.5 Å². The Bertz CT molecular complexity index is 507. The molecule has 1 aromatic carbocycles. The highest BCUT2D eigenvalue weighted by Gasteiger charge is 2.10. The number of aromatic nitrogens is 1. The Kier molecular flexibility index (Phi) is 4.33. The molecule has 3 nitrogen and oxygen atoms in total. The molecule has 0 saturated carbocycles. The summed E-state index contributed by atoms with van der Waals surface area (Å²) in [6.07, 6.45) is 1.96. The van der Waals surface area contributed by atoms with Gasteiger partial charge in [0, 0.05) is 30.4 Å². The standard InChI is InChI=1S/C14H19N3S/c1-4-15-9-12-10-16-14(18-12)17(3)13-8-6-5-7-11(13)2/h5-8,10,15H,4,9H2,1-3H3. The number of thiazole rings is 1. The average Bonchev–Trinajstić information content (AvgIpc) is 2.85. The van der Waals surface area contributed by atoms with Crippen LogP contribution < -0.4 is 10.2 Å². The summed E-state index contributed by atoms with van der Waals surface area (Å²) >= 11 is 1.74. The first-order valence-electron chi connectivity index (χ1n) is 6.17. The zero-order chi connectivity index (χ0) is 13.0. The Balaban J connectivity index is 2.16. The molecule has 2 rings (SSSR count). The molecule has 0 spiro atoms. The predicted octanol–water partition coefficient (Wildman–Crippen LogP) is 3.33. The zero-order valence-corrected chi connectivity index (χ0v) is 11.9. The van der Waals surface area contributed by atoms with Gasteiger partial charge in [-0.2, -0.15) is 0 Å². The molecule has 1 heterocycles. The van der Waals surface area contributed by atoms with Gasteiger partial charge in [-0.3, -0.25) is 0 Å². The highest BCUT2D eigenvalue weighted by molar-refractivity contribution is 7.15.